The Balaban J connectivity index is 2.08. The van der Waals surface area contributed by atoms with Crippen molar-refractivity contribution < 1.29 is 45.4 Å². The molecule has 0 spiro atoms. The molecule has 2 aromatic rings. The van der Waals surface area contributed by atoms with Crippen molar-refractivity contribution in [2.24, 2.45) is 11.7 Å². The Hall–Kier alpha value is -3.28. The van der Waals surface area contributed by atoms with Crippen molar-refractivity contribution in [3.8, 4) is 5.75 Å². The maximum atomic E-state index is 14.4. The molecule has 12 heteroatoms. The van der Waals surface area contributed by atoms with E-state index in [2.05, 4.69) is 5.32 Å². The van der Waals surface area contributed by atoms with Crippen LogP contribution in [-0.4, -0.2) is 36.8 Å². The number of ether oxygens (including phenoxy) is 2. The molecule has 34 heavy (non-hydrogen) atoms. The SMILES string of the molecule is COc1c([C@H]2[C@@H](C(=O)Nc3ccc(F)c(C(N)=O)c3)O[C@](C)(C(F)(F)F)[C@@H]2C)ccc(F)c1F. The van der Waals surface area contributed by atoms with Crippen LogP contribution in [0, 0.1) is 23.4 Å². The van der Waals surface area contributed by atoms with Gasteiger partial charge in [0.25, 0.3) is 11.8 Å². The van der Waals surface area contributed by atoms with Crippen LogP contribution in [0.4, 0.5) is 32.0 Å². The van der Waals surface area contributed by atoms with Crippen LogP contribution in [0.5, 0.6) is 5.75 Å². The van der Waals surface area contributed by atoms with Gasteiger partial charge >= 0.3 is 6.18 Å². The topological polar surface area (TPSA) is 90.6 Å². The van der Waals surface area contributed by atoms with Crippen LogP contribution in [0.2, 0.25) is 0 Å². The number of benzene rings is 2. The van der Waals surface area contributed by atoms with Crippen LogP contribution in [0.15, 0.2) is 30.3 Å². The minimum Gasteiger partial charge on any atom is -0.493 e. The van der Waals surface area contributed by atoms with Gasteiger partial charge in [-0.15, -0.1) is 0 Å². The van der Waals surface area contributed by atoms with Gasteiger partial charge < -0.3 is 20.5 Å². The summed E-state index contributed by atoms with van der Waals surface area (Å²) in [7, 11) is 1.00. The predicted octanol–water partition coefficient (Wildman–Crippen LogP) is 4.29. The first kappa shape index (κ1) is 25.3. The Morgan fingerprint density at radius 3 is 2.29 bits per heavy atom. The molecule has 0 radical (unpaired) electrons. The number of nitrogens with two attached hydrogens (primary N) is 1. The van der Waals surface area contributed by atoms with Gasteiger partial charge in [0.2, 0.25) is 5.82 Å². The number of carbonyl (C=O) groups is 2. The second kappa shape index (κ2) is 8.82. The number of nitrogens with one attached hydrogen (secondary N) is 1. The van der Waals surface area contributed by atoms with Crippen LogP contribution in [0.1, 0.15) is 35.7 Å². The molecular weight excluding hydrogens is 470 g/mol. The first-order chi connectivity index (χ1) is 15.7. The van der Waals surface area contributed by atoms with Crippen molar-refractivity contribution in [3.63, 3.8) is 0 Å². The maximum absolute atomic E-state index is 14.4. The van der Waals surface area contributed by atoms with Crippen LogP contribution in [0.3, 0.4) is 0 Å². The van der Waals surface area contributed by atoms with E-state index >= 15 is 0 Å². The number of alkyl halides is 3. The van der Waals surface area contributed by atoms with E-state index < -0.39 is 70.3 Å². The molecule has 0 aromatic heterocycles. The Labute approximate surface area is 190 Å². The number of hydrogen-bond acceptors (Lipinski definition) is 4. The van der Waals surface area contributed by atoms with E-state index in [0.717, 1.165) is 45.2 Å². The second-order valence-corrected chi connectivity index (χ2v) is 7.99. The van der Waals surface area contributed by atoms with Gasteiger partial charge in [0.15, 0.2) is 17.2 Å². The van der Waals surface area contributed by atoms with E-state index in [4.69, 9.17) is 15.2 Å². The van der Waals surface area contributed by atoms with Crippen LogP contribution in [0.25, 0.3) is 0 Å². The Morgan fingerprint density at radius 2 is 1.74 bits per heavy atom. The smallest absolute Gasteiger partial charge is 0.417 e. The second-order valence-electron chi connectivity index (χ2n) is 7.99. The van der Waals surface area contributed by atoms with E-state index in [1.807, 2.05) is 0 Å². The highest BCUT2D eigenvalue weighted by Gasteiger charge is 2.65. The standard InChI is InChI=1S/C22H20F6N2O4/c1-9-15(11-5-7-14(24)16(25)17(11)33-3)18(34-21(9,2)22(26,27)28)20(32)30-10-4-6-13(23)12(8-10)19(29)31/h4-9,15,18H,1-3H3,(H2,29,31)(H,30,32)/t9-,15+,18+,21+/m1/s1. The zero-order valence-corrected chi connectivity index (χ0v) is 18.1. The molecule has 2 amide bonds. The summed E-state index contributed by atoms with van der Waals surface area (Å²) in [5, 5.41) is 2.26. The largest absolute Gasteiger partial charge is 0.493 e. The lowest BCUT2D eigenvalue weighted by atomic mass is 9.77. The molecule has 3 N–H and O–H groups in total. The third-order valence-corrected chi connectivity index (χ3v) is 6.07. The van der Waals surface area contributed by atoms with E-state index in [1.165, 1.54) is 0 Å². The molecule has 1 fully saturated rings. The monoisotopic (exact) mass is 490 g/mol. The van der Waals surface area contributed by atoms with Gasteiger partial charge in [-0.2, -0.15) is 17.6 Å². The van der Waals surface area contributed by atoms with E-state index in [1.54, 1.807) is 0 Å². The Bertz CT molecular complexity index is 1140. The van der Waals surface area contributed by atoms with Crippen LogP contribution < -0.4 is 15.8 Å². The van der Waals surface area contributed by atoms with Gasteiger partial charge in [0, 0.05) is 23.1 Å². The number of amides is 2. The quantitative estimate of drug-likeness (QED) is 0.612. The van der Waals surface area contributed by atoms with Crippen molar-refractivity contribution in [1.29, 1.82) is 0 Å². The minimum atomic E-state index is -4.93. The zero-order chi connectivity index (χ0) is 25.6. The molecule has 184 valence electrons. The lowest BCUT2D eigenvalue weighted by molar-refractivity contribution is -0.272. The predicted molar refractivity (Wildman–Crippen MR) is 108 cm³/mol. The highest BCUT2D eigenvalue weighted by atomic mass is 19.4. The molecule has 0 aliphatic carbocycles. The summed E-state index contributed by atoms with van der Waals surface area (Å²) in [5.74, 6) is -9.46. The summed E-state index contributed by atoms with van der Waals surface area (Å²) >= 11 is 0. The maximum Gasteiger partial charge on any atom is 0.417 e. The van der Waals surface area contributed by atoms with Crippen molar-refractivity contribution in [1.82, 2.24) is 0 Å². The van der Waals surface area contributed by atoms with Crippen molar-refractivity contribution in [2.75, 3.05) is 12.4 Å². The molecule has 0 bridgehead atoms. The number of hydrogen-bond donors (Lipinski definition) is 2. The molecule has 0 unspecified atom stereocenters. The number of primary amides is 1. The summed E-state index contributed by atoms with van der Waals surface area (Å²) in [6, 6.07) is 4.53. The molecule has 1 aliphatic rings. The molecule has 1 saturated heterocycles. The molecule has 0 saturated carbocycles. The first-order valence-corrected chi connectivity index (χ1v) is 9.89. The van der Waals surface area contributed by atoms with Gasteiger partial charge in [-0.25, -0.2) is 8.78 Å². The molecule has 1 heterocycles. The molecule has 2 aromatic carbocycles. The van der Waals surface area contributed by atoms with E-state index in [9.17, 15) is 35.9 Å². The first-order valence-electron chi connectivity index (χ1n) is 9.89. The number of carbonyl (C=O) groups excluding carboxylic acids is 2. The number of methoxy groups -OCH3 is 1. The number of rotatable bonds is 5. The van der Waals surface area contributed by atoms with Crippen LogP contribution in [-0.2, 0) is 9.53 Å². The fraction of sp³-hybridized carbons (Fsp3) is 0.364. The highest BCUT2D eigenvalue weighted by molar-refractivity contribution is 5.98. The molecule has 3 rings (SSSR count). The summed E-state index contributed by atoms with van der Waals surface area (Å²) in [5.41, 5.74) is 1.32. The molecule has 4 atom stereocenters. The van der Waals surface area contributed by atoms with Crippen molar-refractivity contribution in [3.05, 3.63) is 58.9 Å². The Morgan fingerprint density at radius 1 is 1.12 bits per heavy atom. The van der Waals surface area contributed by atoms with Crippen LogP contribution >= 0.6 is 0 Å². The minimum absolute atomic E-state index is 0.145. The zero-order valence-electron chi connectivity index (χ0n) is 18.1. The van der Waals surface area contributed by atoms with Gasteiger partial charge in [-0.05, 0) is 31.2 Å². The van der Waals surface area contributed by atoms with Crippen molar-refractivity contribution >= 4 is 17.5 Å². The fourth-order valence-corrected chi connectivity index (χ4v) is 4.05. The van der Waals surface area contributed by atoms with Gasteiger partial charge in [-0.1, -0.05) is 13.0 Å². The van der Waals surface area contributed by atoms with E-state index in [-0.39, 0.29) is 11.3 Å². The number of halogens is 6. The lowest BCUT2D eigenvalue weighted by Crippen LogP contribution is -2.47. The van der Waals surface area contributed by atoms with Crippen molar-refractivity contribution in [2.45, 2.75) is 37.6 Å². The summed E-state index contributed by atoms with van der Waals surface area (Å²) in [4.78, 5) is 24.4. The molecule has 1 aliphatic heterocycles. The van der Waals surface area contributed by atoms with E-state index in [0.29, 0.717) is 6.07 Å². The Kier molecular flexibility index (Phi) is 6.57. The average Bonchev–Trinajstić information content (AvgIpc) is 3.03. The summed E-state index contributed by atoms with van der Waals surface area (Å²) < 4.78 is 93.8. The molecular formula is C22H20F6N2O4. The fourth-order valence-electron chi connectivity index (χ4n) is 4.05. The normalized spacial score (nSPS) is 24.7. The summed E-state index contributed by atoms with van der Waals surface area (Å²) in [6.45, 7) is 1.91. The van der Waals surface area contributed by atoms with Gasteiger partial charge in [-0.3, -0.25) is 9.59 Å². The summed E-state index contributed by atoms with van der Waals surface area (Å²) in [6.07, 6.45) is -6.77. The van der Waals surface area contributed by atoms with Gasteiger partial charge in [0.05, 0.1) is 12.7 Å². The highest BCUT2D eigenvalue weighted by Crippen LogP contribution is 2.55. The third-order valence-electron chi connectivity index (χ3n) is 6.07. The molecule has 6 nitrogen and oxygen atoms in total. The average molecular weight is 490 g/mol. The third kappa shape index (κ3) is 4.17. The number of anilines is 1. The van der Waals surface area contributed by atoms with Gasteiger partial charge in [0.1, 0.15) is 11.9 Å². The lowest BCUT2D eigenvalue weighted by Gasteiger charge is -2.32.